The number of aromatic nitrogens is 3. The first-order valence-electron chi connectivity index (χ1n) is 10.3. The molecular weight excluding hydrogens is 472 g/mol. The maximum absolute atomic E-state index is 13.9. The van der Waals surface area contributed by atoms with E-state index < -0.39 is 28.0 Å². The molecule has 0 unspecified atom stereocenters. The number of rotatable bonds is 6. The van der Waals surface area contributed by atoms with Gasteiger partial charge in [-0.25, -0.2) is 22.9 Å². The van der Waals surface area contributed by atoms with Gasteiger partial charge in [0.1, 0.15) is 11.5 Å². The van der Waals surface area contributed by atoms with E-state index >= 15 is 0 Å². The standard InChI is InChI=1S/C22H20ClF2N5O4/c1-11(26)9-30-21(32)28-20(27-16-7-13-3-2-4-34-18(13)8-17(16)31)29(22(30)33)10-12-5-14(23)19(25)15(24)6-12/h5-8,26,31H,2-4,9-10H2,1H3,(H,27,28,32). The second-order valence-electron chi connectivity index (χ2n) is 7.88. The molecule has 0 spiro atoms. The number of aromatic hydroxyl groups is 1. The predicted octanol–water partition coefficient (Wildman–Crippen LogP) is 3.20. The first-order chi connectivity index (χ1) is 16.1. The summed E-state index contributed by atoms with van der Waals surface area (Å²) >= 11 is 5.75. The lowest BCUT2D eigenvalue weighted by Gasteiger charge is -2.20. The maximum atomic E-state index is 13.9. The van der Waals surface area contributed by atoms with Gasteiger partial charge in [-0.3, -0.25) is 4.57 Å². The van der Waals surface area contributed by atoms with Gasteiger partial charge in [0, 0.05) is 11.8 Å². The smallest absolute Gasteiger partial charge is 0.355 e. The Kier molecular flexibility index (Phi) is 6.38. The number of hydrogen-bond acceptors (Lipinski definition) is 7. The number of phenols is 1. The van der Waals surface area contributed by atoms with Crippen molar-refractivity contribution in [1.29, 1.82) is 5.41 Å². The average Bonchev–Trinajstić information content (AvgIpc) is 2.78. The van der Waals surface area contributed by atoms with Gasteiger partial charge in [0.05, 0.1) is 30.4 Å². The highest BCUT2D eigenvalue weighted by Crippen LogP contribution is 2.36. The highest BCUT2D eigenvalue weighted by molar-refractivity contribution is 6.30. The third-order valence-corrected chi connectivity index (χ3v) is 5.48. The Morgan fingerprint density at radius 3 is 2.74 bits per heavy atom. The third-order valence-electron chi connectivity index (χ3n) is 5.20. The number of fused-ring (bicyclic) bond motifs is 1. The molecule has 0 fully saturated rings. The van der Waals surface area contributed by atoms with Gasteiger partial charge < -0.3 is 20.6 Å². The maximum Gasteiger partial charge on any atom is 0.355 e. The molecule has 0 atom stereocenters. The Bertz CT molecular complexity index is 1400. The summed E-state index contributed by atoms with van der Waals surface area (Å²) < 4.78 is 34.8. The molecule has 2 aromatic carbocycles. The molecule has 3 aromatic rings. The molecule has 4 rings (SSSR count). The first-order valence-corrected chi connectivity index (χ1v) is 10.7. The van der Waals surface area contributed by atoms with Crippen LogP contribution in [0.3, 0.4) is 0 Å². The number of benzene rings is 2. The van der Waals surface area contributed by atoms with Gasteiger partial charge >= 0.3 is 11.4 Å². The largest absolute Gasteiger partial charge is 0.506 e. The van der Waals surface area contributed by atoms with E-state index in [0.29, 0.717) is 18.8 Å². The third kappa shape index (κ3) is 4.65. The monoisotopic (exact) mass is 491 g/mol. The quantitative estimate of drug-likeness (QED) is 0.276. The van der Waals surface area contributed by atoms with Crippen LogP contribution in [0.15, 0.2) is 33.9 Å². The molecule has 2 heterocycles. The Balaban J connectivity index is 1.83. The SMILES string of the molecule is CC(=N)Cn1c(=O)nc(Nc2cc3c(cc2O)OCCC3)n(Cc2cc(F)c(F)c(Cl)c2)c1=O. The molecule has 1 aliphatic heterocycles. The second kappa shape index (κ2) is 9.26. The molecule has 0 amide bonds. The lowest BCUT2D eigenvalue weighted by Crippen LogP contribution is -2.43. The van der Waals surface area contributed by atoms with Crippen molar-refractivity contribution in [3.63, 3.8) is 0 Å². The van der Waals surface area contributed by atoms with Gasteiger partial charge in [-0.05, 0) is 49.1 Å². The van der Waals surface area contributed by atoms with Gasteiger partial charge in [0.25, 0.3) is 0 Å². The van der Waals surface area contributed by atoms with Crippen LogP contribution in [0.1, 0.15) is 24.5 Å². The number of anilines is 2. The van der Waals surface area contributed by atoms with Crippen LogP contribution in [0.4, 0.5) is 20.4 Å². The molecule has 1 aromatic heterocycles. The summed E-state index contributed by atoms with van der Waals surface area (Å²) in [4.78, 5) is 29.6. The van der Waals surface area contributed by atoms with Crippen LogP contribution < -0.4 is 21.4 Å². The van der Waals surface area contributed by atoms with E-state index in [-0.39, 0.29) is 41.7 Å². The molecule has 178 valence electrons. The van der Waals surface area contributed by atoms with Crippen LogP contribution in [0.5, 0.6) is 11.5 Å². The molecule has 9 nitrogen and oxygen atoms in total. The molecule has 0 saturated heterocycles. The lowest BCUT2D eigenvalue weighted by molar-refractivity contribution is 0.287. The molecule has 1 aliphatic rings. The van der Waals surface area contributed by atoms with E-state index in [4.69, 9.17) is 21.7 Å². The highest BCUT2D eigenvalue weighted by Gasteiger charge is 2.19. The van der Waals surface area contributed by atoms with Crippen molar-refractivity contribution in [2.45, 2.75) is 32.9 Å². The van der Waals surface area contributed by atoms with E-state index in [9.17, 15) is 23.5 Å². The zero-order valence-electron chi connectivity index (χ0n) is 18.0. The summed E-state index contributed by atoms with van der Waals surface area (Å²) in [7, 11) is 0. The normalized spacial score (nSPS) is 12.7. The van der Waals surface area contributed by atoms with Crippen LogP contribution in [0, 0.1) is 17.0 Å². The van der Waals surface area contributed by atoms with Crippen LogP contribution in [-0.4, -0.2) is 31.5 Å². The minimum atomic E-state index is -1.22. The van der Waals surface area contributed by atoms with Gasteiger partial charge in [-0.1, -0.05) is 11.6 Å². The number of phenolic OH excluding ortho intramolecular Hbond substituents is 1. The van der Waals surface area contributed by atoms with E-state index in [1.807, 2.05) is 0 Å². The fourth-order valence-corrected chi connectivity index (χ4v) is 3.86. The van der Waals surface area contributed by atoms with Crippen molar-refractivity contribution in [2.24, 2.45) is 0 Å². The van der Waals surface area contributed by atoms with Crippen LogP contribution in [-0.2, 0) is 19.5 Å². The van der Waals surface area contributed by atoms with Gasteiger partial charge in [-0.15, -0.1) is 0 Å². The Labute approximate surface area is 196 Å². The fraction of sp³-hybridized carbons (Fsp3) is 0.273. The molecule has 12 heteroatoms. The van der Waals surface area contributed by atoms with Gasteiger partial charge in [-0.2, -0.15) is 4.98 Å². The van der Waals surface area contributed by atoms with E-state index in [1.54, 1.807) is 6.07 Å². The Morgan fingerprint density at radius 2 is 2.03 bits per heavy atom. The van der Waals surface area contributed by atoms with Crippen LogP contribution in [0.2, 0.25) is 5.02 Å². The van der Waals surface area contributed by atoms with Crippen molar-refractivity contribution in [3.05, 3.63) is 73.0 Å². The zero-order chi connectivity index (χ0) is 24.6. The molecule has 0 aliphatic carbocycles. The first kappa shape index (κ1) is 23.4. The van der Waals surface area contributed by atoms with Crippen LogP contribution >= 0.6 is 11.6 Å². The summed E-state index contributed by atoms with van der Waals surface area (Å²) in [6, 6.07) is 5.08. The summed E-state index contributed by atoms with van der Waals surface area (Å²) in [5, 5.41) is 20.4. The highest BCUT2D eigenvalue weighted by atomic mass is 35.5. The summed E-state index contributed by atoms with van der Waals surface area (Å²) in [5.41, 5.74) is -0.587. The van der Waals surface area contributed by atoms with Crippen molar-refractivity contribution in [1.82, 2.24) is 14.1 Å². The van der Waals surface area contributed by atoms with E-state index in [0.717, 1.165) is 33.3 Å². The average molecular weight is 492 g/mol. The summed E-state index contributed by atoms with van der Waals surface area (Å²) in [6.45, 7) is 1.33. The van der Waals surface area contributed by atoms with E-state index in [2.05, 4.69) is 10.3 Å². The number of hydrogen-bond donors (Lipinski definition) is 3. The number of halogens is 3. The minimum Gasteiger partial charge on any atom is -0.506 e. The predicted molar refractivity (Wildman–Crippen MR) is 122 cm³/mol. The molecule has 0 radical (unpaired) electrons. The van der Waals surface area contributed by atoms with Gasteiger partial charge in [0.2, 0.25) is 5.95 Å². The number of ether oxygens (including phenoxy) is 1. The van der Waals surface area contributed by atoms with Crippen LogP contribution in [0.25, 0.3) is 0 Å². The molecule has 3 N–H and O–H groups in total. The molecule has 0 saturated carbocycles. The Hall–Kier alpha value is -3.73. The van der Waals surface area contributed by atoms with Crippen molar-refractivity contribution < 1.29 is 18.6 Å². The van der Waals surface area contributed by atoms with Crippen molar-refractivity contribution in [2.75, 3.05) is 11.9 Å². The number of nitrogens with zero attached hydrogens (tertiary/aromatic N) is 3. The van der Waals surface area contributed by atoms with Gasteiger partial charge in [0.15, 0.2) is 11.6 Å². The Morgan fingerprint density at radius 1 is 1.26 bits per heavy atom. The molecular formula is C22H20ClF2N5O4. The zero-order valence-corrected chi connectivity index (χ0v) is 18.7. The number of aryl methyl sites for hydroxylation is 1. The number of nitrogens with one attached hydrogen (secondary N) is 2. The molecule has 0 bridgehead atoms. The minimum absolute atomic E-state index is 0.0384. The van der Waals surface area contributed by atoms with Crippen molar-refractivity contribution in [3.8, 4) is 11.5 Å². The lowest BCUT2D eigenvalue weighted by atomic mass is 10.1. The topological polar surface area (TPSA) is 122 Å². The summed E-state index contributed by atoms with van der Waals surface area (Å²) in [5.74, 6) is -2.32. The molecule has 34 heavy (non-hydrogen) atoms. The fourth-order valence-electron chi connectivity index (χ4n) is 3.63. The summed E-state index contributed by atoms with van der Waals surface area (Å²) in [6.07, 6.45) is 1.49. The van der Waals surface area contributed by atoms with E-state index in [1.165, 1.54) is 13.0 Å². The van der Waals surface area contributed by atoms with Crippen molar-refractivity contribution >= 4 is 28.9 Å². The second-order valence-corrected chi connectivity index (χ2v) is 8.29.